The fourth-order valence-electron chi connectivity index (χ4n) is 1.76. The van der Waals surface area contributed by atoms with Crippen LogP contribution in [0.2, 0.25) is 0 Å². The van der Waals surface area contributed by atoms with Crippen molar-refractivity contribution in [3.05, 3.63) is 0 Å². The lowest BCUT2D eigenvalue weighted by Gasteiger charge is -2.42. The molecular formula is C11H24N2. The van der Waals surface area contributed by atoms with Gasteiger partial charge in [-0.15, -0.1) is 0 Å². The molecular weight excluding hydrogens is 160 g/mol. The highest BCUT2D eigenvalue weighted by Gasteiger charge is 2.27. The van der Waals surface area contributed by atoms with Gasteiger partial charge in [0.05, 0.1) is 0 Å². The lowest BCUT2D eigenvalue weighted by atomic mass is 9.86. The average Bonchev–Trinajstić information content (AvgIpc) is 2.03. The summed E-state index contributed by atoms with van der Waals surface area (Å²) in [6, 6.07) is 0.696. The lowest BCUT2D eigenvalue weighted by molar-refractivity contribution is 0.0641. The van der Waals surface area contributed by atoms with E-state index in [1.807, 2.05) is 0 Å². The smallest absolute Gasteiger partial charge is 0.0116 e. The summed E-state index contributed by atoms with van der Waals surface area (Å²) < 4.78 is 0. The van der Waals surface area contributed by atoms with Crippen molar-refractivity contribution in [2.75, 3.05) is 33.2 Å². The molecule has 0 aromatic carbocycles. The summed E-state index contributed by atoms with van der Waals surface area (Å²) in [7, 11) is 2.21. The van der Waals surface area contributed by atoms with Crippen LogP contribution in [0.4, 0.5) is 0 Å². The molecule has 0 bridgehead atoms. The van der Waals surface area contributed by atoms with E-state index in [-0.39, 0.29) is 0 Å². The molecule has 0 spiro atoms. The third kappa shape index (κ3) is 2.96. The molecule has 78 valence electrons. The summed E-state index contributed by atoms with van der Waals surface area (Å²) >= 11 is 0. The molecule has 0 radical (unpaired) electrons. The topological polar surface area (TPSA) is 6.48 Å². The van der Waals surface area contributed by atoms with Crippen molar-refractivity contribution >= 4 is 0 Å². The Hall–Kier alpha value is -0.0800. The van der Waals surface area contributed by atoms with E-state index in [1.54, 1.807) is 0 Å². The molecule has 1 rings (SSSR count). The van der Waals surface area contributed by atoms with Gasteiger partial charge < -0.3 is 4.90 Å². The van der Waals surface area contributed by atoms with Gasteiger partial charge in [-0.2, -0.15) is 0 Å². The predicted molar refractivity (Wildman–Crippen MR) is 58.0 cm³/mol. The molecule has 0 aliphatic carbocycles. The largest absolute Gasteiger partial charge is 0.304 e. The van der Waals surface area contributed by atoms with Crippen LogP contribution in [0, 0.1) is 5.41 Å². The van der Waals surface area contributed by atoms with E-state index < -0.39 is 0 Å². The fraction of sp³-hybridized carbons (Fsp3) is 1.00. The molecule has 1 atom stereocenters. The maximum atomic E-state index is 2.61. The Morgan fingerprint density at radius 3 is 1.85 bits per heavy atom. The summed E-state index contributed by atoms with van der Waals surface area (Å²) in [5, 5.41) is 0. The number of rotatable bonds is 1. The van der Waals surface area contributed by atoms with E-state index in [4.69, 9.17) is 0 Å². The molecule has 0 unspecified atom stereocenters. The molecule has 1 saturated heterocycles. The van der Waals surface area contributed by atoms with Crippen LogP contribution in [0.15, 0.2) is 0 Å². The van der Waals surface area contributed by atoms with Crippen LogP contribution in [-0.2, 0) is 0 Å². The third-order valence-corrected chi connectivity index (χ3v) is 3.34. The van der Waals surface area contributed by atoms with Crippen LogP contribution in [0.1, 0.15) is 27.7 Å². The van der Waals surface area contributed by atoms with Gasteiger partial charge in [-0.3, -0.25) is 4.90 Å². The number of piperazine rings is 1. The van der Waals surface area contributed by atoms with E-state index in [1.165, 1.54) is 26.2 Å². The summed E-state index contributed by atoms with van der Waals surface area (Å²) in [5.41, 5.74) is 0.413. The van der Waals surface area contributed by atoms with Gasteiger partial charge in [-0.25, -0.2) is 0 Å². The molecule has 13 heavy (non-hydrogen) atoms. The maximum absolute atomic E-state index is 2.61. The Morgan fingerprint density at radius 2 is 1.46 bits per heavy atom. The molecule has 1 fully saturated rings. The van der Waals surface area contributed by atoms with Gasteiger partial charge in [0.2, 0.25) is 0 Å². The SMILES string of the molecule is C[C@@H](N1CCN(C)CC1)C(C)(C)C. The Kier molecular flexibility index (Phi) is 3.36. The first-order valence-corrected chi connectivity index (χ1v) is 5.34. The van der Waals surface area contributed by atoms with Gasteiger partial charge in [0.15, 0.2) is 0 Å². The minimum Gasteiger partial charge on any atom is -0.304 e. The minimum absolute atomic E-state index is 0.413. The van der Waals surface area contributed by atoms with Crippen LogP contribution in [0.3, 0.4) is 0 Å². The quantitative estimate of drug-likeness (QED) is 0.611. The van der Waals surface area contributed by atoms with Gasteiger partial charge in [0.1, 0.15) is 0 Å². The number of likely N-dealkylation sites (N-methyl/N-ethyl adjacent to an activating group) is 1. The molecule has 1 aliphatic heterocycles. The van der Waals surface area contributed by atoms with Crippen molar-refractivity contribution in [1.82, 2.24) is 9.80 Å². The lowest BCUT2D eigenvalue weighted by Crippen LogP contribution is -2.51. The van der Waals surface area contributed by atoms with Gasteiger partial charge in [0.25, 0.3) is 0 Å². The second-order valence-corrected chi connectivity index (χ2v) is 5.38. The summed E-state index contributed by atoms with van der Waals surface area (Å²) in [4.78, 5) is 5.02. The molecule has 0 aromatic rings. The van der Waals surface area contributed by atoms with Crippen molar-refractivity contribution in [2.24, 2.45) is 5.41 Å². The van der Waals surface area contributed by atoms with Crippen LogP contribution in [0.25, 0.3) is 0 Å². The van der Waals surface area contributed by atoms with E-state index >= 15 is 0 Å². The molecule has 2 nitrogen and oxygen atoms in total. The molecule has 0 saturated carbocycles. The monoisotopic (exact) mass is 184 g/mol. The molecule has 0 N–H and O–H groups in total. The minimum atomic E-state index is 0.413. The van der Waals surface area contributed by atoms with Gasteiger partial charge in [0, 0.05) is 32.2 Å². The first-order chi connectivity index (χ1) is 5.91. The fourth-order valence-corrected chi connectivity index (χ4v) is 1.76. The summed E-state index contributed by atoms with van der Waals surface area (Å²) in [5.74, 6) is 0. The maximum Gasteiger partial charge on any atom is 0.0116 e. The van der Waals surface area contributed by atoms with Crippen molar-refractivity contribution in [3.63, 3.8) is 0 Å². The van der Waals surface area contributed by atoms with E-state index in [0.717, 1.165) is 0 Å². The van der Waals surface area contributed by atoms with Crippen LogP contribution in [-0.4, -0.2) is 49.1 Å². The first kappa shape index (κ1) is 11.0. The Morgan fingerprint density at radius 1 is 1.00 bits per heavy atom. The molecule has 1 aliphatic rings. The van der Waals surface area contributed by atoms with Gasteiger partial charge in [-0.05, 0) is 19.4 Å². The van der Waals surface area contributed by atoms with Crippen molar-refractivity contribution < 1.29 is 0 Å². The summed E-state index contributed by atoms with van der Waals surface area (Å²) in [6.45, 7) is 14.2. The van der Waals surface area contributed by atoms with Crippen molar-refractivity contribution in [1.29, 1.82) is 0 Å². The predicted octanol–water partition coefficient (Wildman–Crippen LogP) is 1.67. The third-order valence-electron chi connectivity index (χ3n) is 3.34. The average molecular weight is 184 g/mol. The second kappa shape index (κ2) is 3.97. The Bertz CT molecular complexity index is 152. The molecule has 1 heterocycles. The van der Waals surface area contributed by atoms with Gasteiger partial charge in [-0.1, -0.05) is 20.8 Å². The van der Waals surface area contributed by atoms with Crippen molar-refractivity contribution in [2.45, 2.75) is 33.7 Å². The zero-order chi connectivity index (χ0) is 10.1. The van der Waals surface area contributed by atoms with Crippen molar-refractivity contribution in [3.8, 4) is 0 Å². The Labute approximate surface area is 82.9 Å². The van der Waals surface area contributed by atoms with E-state index in [0.29, 0.717) is 11.5 Å². The second-order valence-electron chi connectivity index (χ2n) is 5.38. The first-order valence-electron chi connectivity index (χ1n) is 5.34. The molecule has 0 amide bonds. The van der Waals surface area contributed by atoms with E-state index in [2.05, 4.69) is 44.5 Å². The standard InChI is InChI=1S/C11H24N2/c1-10(11(2,3)4)13-8-6-12(5)7-9-13/h10H,6-9H2,1-5H3/t10-/m1/s1. The Balaban J connectivity index is 2.45. The van der Waals surface area contributed by atoms with Crippen LogP contribution < -0.4 is 0 Å². The van der Waals surface area contributed by atoms with E-state index in [9.17, 15) is 0 Å². The normalized spacial score (nSPS) is 24.7. The van der Waals surface area contributed by atoms with Crippen LogP contribution >= 0.6 is 0 Å². The number of hydrogen-bond acceptors (Lipinski definition) is 2. The van der Waals surface area contributed by atoms with Crippen LogP contribution in [0.5, 0.6) is 0 Å². The zero-order valence-electron chi connectivity index (χ0n) is 9.80. The molecule has 0 aromatic heterocycles. The molecule has 2 heteroatoms. The number of hydrogen-bond donors (Lipinski definition) is 0. The highest BCUT2D eigenvalue weighted by atomic mass is 15.3. The zero-order valence-corrected chi connectivity index (χ0v) is 9.80. The summed E-state index contributed by atoms with van der Waals surface area (Å²) in [6.07, 6.45) is 0. The van der Waals surface area contributed by atoms with Gasteiger partial charge >= 0.3 is 0 Å². The highest BCUT2D eigenvalue weighted by Crippen LogP contribution is 2.24. The highest BCUT2D eigenvalue weighted by molar-refractivity contribution is 4.82. The number of nitrogens with zero attached hydrogens (tertiary/aromatic N) is 2.